The van der Waals surface area contributed by atoms with E-state index in [1.807, 2.05) is 18.2 Å². The highest BCUT2D eigenvalue weighted by Gasteiger charge is 2.23. The van der Waals surface area contributed by atoms with Crippen LogP contribution in [-0.4, -0.2) is 17.6 Å². The van der Waals surface area contributed by atoms with Crippen molar-refractivity contribution >= 4 is 0 Å². The molecule has 1 aromatic heterocycles. The molecule has 1 fully saturated rings. The summed E-state index contributed by atoms with van der Waals surface area (Å²) < 4.78 is 5.83. The number of nitrogens with two attached hydrogens (primary N) is 1. The van der Waals surface area contributed by atoms with Gasteiger partial charge in [-0.3, -0.25) is 4.98 Å². The molecular weight excluding hydrogens is 176 g/mol. The Hall–Kier alpha value is -0.930. The Morgan fingerprint density at radius 3 is 2.86 bits per heavy atom. The topological polar surface area (TPSA) is 48.1 Å². The first kappa shape index (κ1) is 9.62. The van der Waals surface area contributed by atoms with Crippen LogP contribution in [0.3, 0.4) is 0 Å². The lowest BCUT2D eigenvalue weighted by molar-refractivity contribution is -0.0504. The minimum Gasteiger partial charge on any atom is -0.367 e. The Bertz CT molecular complexity index is 272. The molecule has 1 heterocycles. The second-order valence-electron chi connectivity index (χ2n) is 3.67. The van der Waals surface area contributed by atoms with Crippen LogP contribution in [0.25, 0.3) is 0 Å². The molecule has 3 heteroatoms. The molecule has 76 valence electrons. The predicted octanol–water partition coefficient (Wildman–Crippen LogP) is 1.65. The first-order valence-corrected chi connectivity index (χ1v) is 5.16. The van der Waals surface area contributed by atoms with E-state index in [4.69, 9.17) is 10.5 Å². The average Bonchev–Trinajstić information content (AvgIpc) is 2.18. The number of hydrogen-bond donors (Lipinski definition) is 1. The molecule has 0 saturated heterocycles. The zero-order valence-electron chi connectivity index (χ0n) is 8.23. The summed E-state index contributed by atoms with van der Waals surface area (Å²) in [4.78, 5) is 4.26. The summed E-state index contributed by atoms with van der Waals surface area (Å²) in [6, 6.07) is 5.84. The molecule has 0 aromatic carbocycles. The van der Waals surface area contributed by atoms with E-state index in [2.05, 4.69) is 4.98 Å². The molecule has 1 saturated carbocycles. The smallest absolute Gasteiger partial charge is 0.112 e. The third-order valence-electron chi connectivity index (χ3n) is 2.64. The van der Waals surface area contributed by atoms with Gasteiger partial charge in [0.15, 0.2) is 0 Å². The maximum Gasteiger partial charge on any atom is 0.112 e. The average molecular weight is 192 g/mol. The van der Waals surface area contributed by atoms with Crippen LogP contribution < -0.4 is 5.73 Å². The molecule has 1 aliphatic carbocycles. The highest BCUT2D eigenvalue weighted by molar-refractivity contribution is 5.07. The van der Waals surface area contributed by atoms with Crippen molar-refractivity contribution in [2.45, 2.75) is 31.5 Å². The van der Waals surface area contributed by atoms with E-state index in [0.717, 1.165) is 5.69 Å². The Balaban J connectivity index is 1.98. The van der Waals surface area contributed by atoms with Crippen LogP contribution in [0.4, 0.5) is 0 Å². The third kappa shape index (κ3) is 2.11. The van der Waals surface area contributed by atoms with Gasteiger partial charge in [0.25, 0.3) is 0 Å². The van der Waals surface area contributed by atoms with Crippen molar-refractivity contribution in [3.63, 3.8) is 0 Å². The minimum atomic E-state index is -0.0264. The van der Waals surface area contributed by atoms with Crippen LogP contribution in [0.1, 0.15) is 31.1 Å². The number of hydrogen-bond acceptors (Lipinski definition) is 3. The Kier molecular flexibility index (Phi) is 3.11. The fraction of sp³-hybridized carbons (Fsp3) is 0.545. The van der Waals surface area contributed by atoms with Crippen molar-refractivity contribution in [2.75, 3.05) is 6.54 Å². The van der Waals surface area contributed by atoms with Crippen LogP contribution in [0.15, 0.2) is 24.4 Å². The fourth-order valence-electron chi connectivity index (χ4n) is 1.55. The number of pyridine rings is 1. The molecule has 2 rings (SSSR count). The molecule has 1 atom stereocenters. The summed E-state index contributed by atoms with van der Waals surface area (Å²) in [7, 11) is 0. The van der Waals surface area contributed by atoms with Gasteiger partial charge in [0.05, 0.1) is 11.8 Å². The number of rotatable bonds is 4. The van der Waals surface area contributed by atoms with E-state index in [0.29, 0.717) is 12.6 Å². The summed E-state index contributed by atoms with van der Waals surface area (Å²) in [5, 5.41) is 0. The van der Waals surface area contributed by atoms with Crippen molar-refractivity contribution in [2.24, 2.45) is 5.73 Å². The largest absolute Gasteiger partial charge is 0.367 e. The van der Waals surface area contributed by atoms with E-state index in [1.165, 1.54) is 19.3 Å². The lowest BCUT2D eigenvalue weighted by atomic mass is 9.96. The highest BCUT2D eigenvalue weighted by atomic mass is 16.5. The Labute approximate surface area is 84.3 Å². The van der Waals surface area contributed by atoms with E-state index < -0.39 is 0 Å². The molecule has 0 bridgehead atoms. The van der Waals surface area contributed by atoms with Crippen molar-refractivity contribution in [3.8, 4) is 0 Å². The molecule has 2 N–H and O–H groups in total. The van der Waals surface area contributed by atoms with E-state index in [1.54, 1.807) is 6.20 Å². The molecule has 0 aliphatic heterocycles. The highest BCUT2D eigenvalue weighted by Crippen LogP contribution is 2.27. The Morgan fingerprint density at radius 2 is 2.36 bits per heavy atom. The summed E-state index contributed by atoms with van der Waals surface area (Å²) >= 11 is 0. The lowest BCUT2D eigenvalue weighted by Crippen LogP contribution is -2.28. The summed E-state index contributed by atoms with van der Waals surface area (Å²) in [6.45, 7) is 0.507. The van der Waals surface area contributed by atoms with Crippen LogP contribution in [0.5, 0.6) is 0 Å². The Morgan fingerprint density at radius 1 is 1.50 bits per heavy atom. The molecule has 0 spiro atoms. The van der Waals surface area contributed by atoms with Crippen LogP contribution in [0, 0.1) is 0 Å². The SMILES string of the molecule is NCC(OC1CCC1)c1ccccn1. The first-order chi connectivity index (χ1) is 6.90. The third-order valence-corrected chi connectivity index (χ3v) is 2.64. The van der Waals surface area contributed by atoms with Crippen LogP contribution in [-0.2, 0) is 4.74 Å². The van der Waals surface area contributed by atoms with Gasteiger partial charge in [-0.2, -0.15) is 0 Å². The van der Waals surface area contributed by atoms with Gasteiger partial charge in [-0.25, -0.2) is 0 Å². The van der Waals surface area contributed by atoms with Crippen molar-refractivity contribution < 1.29 is 4.74 Å². The van der Waals surface area contributed by atoms with Gasteiger partial charge in [-0.15, -0.1) is 0 Å². The van der Waals surface area contributed by atoms with Gasteiger partial charge >= 0.3 is 0 Å². The number of nitrogens with zero attached hydrogens (tertiary/aromatic N) is 1. The quantitative estimate of drug-likeness (QED) is 0.789. The van der Waals surface area contributed by atoms with Gasteiger partial charge in [0.2, 0.25) is 0 Å². The zero-order chi connectivity index (χ0) is 9.80. The van der Waals surface area contributed by atoms with Crippen molar-refractivity contribution in [1.29, 1.82) is 0 Å². The van der Waals surface area contributed by atoms with Gasteiger partial charge in [-0.05, 0) is 31.4 Å². The summed E-state index contributed by atoms with van der Waals surface area (Å²) in [6.07, 6.45) is 5.78. The van der Waals surface area contributed by atoms with Gasteiger partial charge in [0.1, 0.15) is 6.10 Å². The molecule has 1 aromatic rings. The molecule has 14 heavy (non-hydrogen) atoms. The maximum absolute atomic E-state index is 5.83. The van der Waals surface area contributed by atoms with Gasteiger partial charge in [-0.1, -0.05) is 6.07 Å². The second-order valence-corrected chi connectivity index (χ2v) is 3.67. The number of aromatic nitrogens is 1. The van der Waals surface area contributed by atoms with E-state index >= 15 is 0 Å². The standard InChI is InChI=1S/C11H16N2O/c12-8-11(14-9-4-3-5-9)10-6-1-2-7-13-10/h1-2,6-7,9,11H,3-5,8,12H2. The summed E-state index contributed by atoms with van der Waals surface area (Å²) in [5.41, 5.74) is 6.61. The van der Waals surface area contributed by atoms with Gasteiger partial charge < -0.3 is 10.5 Å². The van der Waals surface area contributed by atoms with Crippen LogP contribution >= 0.6 is 0 Å². The van der Waals surface area contributed by atoms with Crippen LogP contribution in [0.2, 0.25) is 0 Å². The lowest BCUT2D eigenvalue weighted by Gasteiger charge is -2.29. The van der Waals surface area contributed by atoms with E-state index in [9.17, 15) is 0 Å². The van der Waals surface area contributed by atoms with Gasteiger partial charge in [0, 0.05) is 12.7 Å². The normalized spacial score (nSPS) is 18.9. The molecule has 1 aliphatic rings. The minimum absolute atomic E-state index is 0.0264. The second kappa shape index (κ2) is 4.53. The molecule has 0 radical (unpaired) electrons. The van der Waals surface area contributed by atoms with Crippen molar-refractivity contribution in [3.05, 3.63) is 30.1 Å². The van der Waals surface area contributed by atoms with E-state index in [-0.39, 0.29) is 6.10 Å². The molecule has 0 amide bonds. The molecular formula is C11H16N2O. The van der Waals surface area contributed by atoms with Crippen molar-refractivity contribution in [1.82, 2.24) is 4.98 Å². The number of ether oxygens (including phenoxy) is 1. The monoisotopic (exact) mass is 192 g/mol. The maximum atomic E-state index is 5.83. The fourth-order valence-corrected chi connectivity index (χ4v) is 1.55. The molecule has 3 nitrogen and oxygen atoms in total. The first-order valence-electron chi connectivity index (χ1n) is 5.16. The molecule has 1 unspecified atom stereocenters. The predicted molar refractivity (Wildman–Crippen MR) is 54.8 cm³/mol. The zero-order valence-corrected chi connectivity index (χ0v) is 8.23. The summed E-state index contributed by atoms with van der Waals surface area (Å²) in [5.74, 6) is 0.